The van der Waals surface area contributed by atoms with E-state index < -0.39 is 11.6 Å². The molecule has 2 N–H and O–H groups in total. The quantitative estimate of drug-likeness (QED) is 0.557. The fourth-order valence-corrected chi connectivity index (χ4v) is 2.82. The molecular formula is C20H14F2N4O2. The van der Waals surface area contributed by atoms with E-state index in [9.17, 15) is 13.6 Å². The maximum Gasteiger partial charge on any atom is 0.261 e. The van der Waals surface area contributed by atoms with Crippen LogP contribution in [0.4, 0.5) is 14.5 Å². The number of rotatable bonds is 4. The predicted octanol–water partition coefficient (Wildman–Crippen LogP) is 4.16. The Hall–Kier alpha value is -3.81. The van der Waals surface area contributed by atoms with Crippen molar-refractivity contribution in [3.63, 3.8) is 0 Å². The number of aromatic amines is 1. The van der Waals surface area contributed by atoms with Crippen LogP contribution in [0.15, 0.2) is 54.7 Å². The van der Waals surface area contributed by atoms with E-state index in [4.69, 9.17) is 4.74 Å². The first-order valence-corrected chi connectivity index (χ1v) is 8.30. The lowest BCUT2D eigenvalue weighted by Gasteiger charge is -2.08. The highest BCUT2D eigenvalue weighted by Gasteiger charge is 2.15. The SMILES string of the molecule is COc1ncccc1C(=O)Nc1ccc2nc(-c3cc(F)ccc3F)[nH]c2c1. The molecule has 0 fully saturated rings. The molecule has 0 saturated heterocycles. The van der Waals surface area contributed by atoms with Crippen molar-refractivity contribution in [1.29, 1.82) is 0 Å². The molecule has 0 aliphatic carbocycles. The molecule has 0 bridgehead atoms. The van der Waals surface area contributed by atoms with Crippen LogP contribution in [0.25, 0.3) is 22.4 Å². The van der Waals surface area contributed by atoms with Gasteiger partial charge in [-0.2, -0.15) is 0 Å². The van der Waals surface area contributed by atoms with Gasteiger partial charge >= 0.3 is 0 Å². The number of fused-ring (bicyclic) bond motifs is 1. The standard InChI is InChI=1S/C20H14F2N4O2/c1-28-20-13(3-2-8-23-20)19(27)24-12-5-7-16-17(10-12)26-18(25-16)14-9-11(21)4-6-15(14)22/h2-10H,1H3,(H,24,27)(H,25,26). The summed E-state index contributed by atoms with van der Waals surface area (Å²) in [5.74, 6) is -1.12. The molecule has 0 aliphatic heterocycles. The van der Waals surface area contributed by atoms with Crippen molar-refractivity contribution in [2.75, 3.05) is 12.4 Å². The summed E-state index contributed by atoms with van der Waals surface area (Å²) in [4.78, 5) is 23.7. The smallest absolute Gasteiger partial charge is 0.261 e. The molecule has 8 heteroatoms. The lowest BCUT2D eigenvalue weighted by atomic mass is 10.2. The van der Waals surface area contributed by atoms with Gasteiger partial charge in [0.25, 0.3) is 5.91 Å². The number of ether oxygens (including phenoxy) is 1. The first-order chi connectivity index (χ1) is 13.5. The largest absolute Gasteiger partial charge is 0.480 e. The Bertz CT molecular complexity index is 1190. The van der Waals surface area contributed by atoms with Gasteiger partial charge in [-0.3, -0.25) is 4.79 Å². The van der Waals surface area contributed by atoms with Gasteiger partial charge in [-0.25, -0.2) is 18.7 Å². The zero-order chi connectivity index (χ0) is 19.7. The average molecular weight is 380 g/mol. The van der Waals surface area contributed by atoms with Crippen LogP contribution < -0.4 is 10.1 Å². The number of benzene rings is 2. The summed E-state index contributed by atoms with van der Waals surface area (Å²) < 4.78 is 32.5. The Kier molecular flexibility index (Phi) is 4.44. The molecular weight excluding hydrogens is 366 g/mol. The van der Waals surface area contributed by atoms with E-state index in [1.54, 1.807) is 30.3 Å². The van der Waals surface area contributed by atoms with E-state index in [0.717, 1.165) is 18.2 Å². The fraction of sp³-hybridized carbons (Fsp3) is 0.0500. The Labute approximate surface area is 158 Å². The van der Waals surface area contributed by atoms with Crippen molar-refractivity contribution in [1.82, 2.24) is 15.0 Å². The van der Waals surface area contributed by atoms with Crippen molar-refractivity contribution in [3.05, 3.63) is 71.9 Å². The van der Waals surface area contributed by atoms with Gasteiger partial charge in [-0.15, -0.1) is 0 Å². The maximum atomic E-state index is 14.0. The highest BCUT2D eigenvalue weighted by Crippen LogP contribution is 2.26. The van der Waals surface area contributed by atoms with Gasteiger partial charge in [0, 0.05) is 11.9 Å². The number of hydrogen-bond donors (Lipinski definition) is 2. The number of carbonyl (C=O) groups excluding carboxylic acids is 1. The molecule has 4 aromatic rings. The Balaban J connectivity index is 1.65. The van der Waals surface area contributed by atoms with E-state index in [0.29, 0.717) is 16.7 Å². The lowest BCUT2D eigenvalue weighted by Crippen LogP contribution is -2.13. The van der Waals surface area contributed by atoms with Crippen LogP contribution in [0.2, 0.25) is 0 Å². The summed E-state index contributed by atoms with van der Waals surface area (Å²) in [6.45, 7) is 0. The van der Waals surface area contributed by atoms with E-state index in [-0.39, 0.29) is 28.7 Å². The predicted molar refractivity (Wildman–Crippen MR) is 100 cm³/mol. The molecule has 0 aliphatic rings. The molecule has 0 radical (unpaired) electrons. The van der Waals surface area contributed by atoms with E-state index in [2.05, 4.69) is 20.3 Å². The van der Waals surface area contributed by atoms with Crippen LogP contribution >= 0.6 is 0 Å². The highest BCUT2D eigenvalue weighted by molar-refractivity contribution is 6.06. The monoisotopic (exact) mass is 380 g/mol. The number of pyridine rings is 1. The first kappa shape index (κ1) is 17.6. The first-order valence-electron chi connectivity index (χ1n) is 8.30. The van der Waals surface area contributed by atoms with Gasteiger partial charge in [-0.1, -0.05) is 0 Å². The van der Waals surface area contributed by atoms with Crippen LogP contribution in [-0.2, 0) is 0 Å². The number of aromatic nitrogens is 3. The minimum absolute atomic E-state index is 0.0295. The number of nitrogens with one attached hydrogen (secondary N) is 2. The molecule has 6 nitrogen and oxygen atoms in total. The number of imidazole rings is 1. The second kappa shape index (κ2) is 7.07. The molecule has 2 heterocycles. The number of anilines is 1. The number of halogens is 2. The fourth-order valence-electron chi connectivity index (χ4n) is 2.82. The normalized spacial score (nSPS) is 10.8. The molecule has 0 unspecified atom stereocenters. The lowest BCUT2D eigenvalue weighted by molar-refractivity contribution is 0.102. The third-order valence-electron chi connectivity index (χ3n) is 4.13. The Morgan fingerprint density at radius 1 is 1.14 bits per heavy atom. The third-order valence-corrected chi connectivity index (χ3v) is 4.13. The highest BCUT2D eigenvalue weighted by atomic mass is 19.1. The Morgan fingerprint density at radius 2 is 2.00 bits per heavy atom. The summed E-state index contributed by atoms with van der Waals surface area (Å²) in [5, 5.41) is 2.75. The van der Waals surface area contributed by atoms with Crippen LogP contribution in [0, 0.1) is 11.6 Å². The molecule has 0 spiro atoms. The minimum Gasteiger partial charge on any atom is -0.480 e. The molecule has 1 amide bonds. The second-order valence-electron chi connectivity index (χ2n) is 5.96. The van der Waals surface area contributed by atoms with Crippen LogP contribution in [0.1, 0.15) is 10.4 Å². The topological polar surface area (TPSA) is 79.9 Å². The Morgan fingerprint density at radius 3 is 2.82 bits per heavy atom. The molecule has 0 saturated carbocycles. The molecule has 0 atom stereocenters. The van der Waals surface area contributed by atoms with Gasteiger partial charge in [-0.05, 0) is 48.5 Å². The zero-order valence-electron chi connectivity index (χ0n) is 14.7. The van der Waals surface area contributed by atoms with Crippen LogP contribution in [0.5, 0.6) is 5.88 Å². The number of nitrogens with zero attached hydrogens (tertiary/aromatic N) is 2. The number of methoxy groups -OCH3 is 1. The number of hydrogen-bond acceptors (Lipinski definition) is 4. The molecule has 2 aromatic carbocycles. The van der Waals surface area contributed by atoms with E-state index in [1.807, 2.05) is 0 Å². The number of carbonyl (C=O) groups is 1. The minimum atomic E-state index is -0.586. The molecule has 2 aromatic heterocycles. The van der Waals surface area contributed by atoms with Crippen molar-refractivity contribution < 1.29 is 18.3 Å². The van der Waals surface area contributed by atoms with Crippen molar-refractivity contribution >= 4 is 22.6 Å². The number of H-pyrrole nitrogens is 1. The van der Waals surface area contributed by atoms with Crippen LogP contribution in [-0.4, -0.2) is 28.0 Å². The van der Waals surface area contributed by atoms with Gasteiger partial charge in [0.2, 0.25) is 5.88 Å². The third kappa shape index (κ3) is 3.27. The zero-order valence-corrected chi connectivity index (χ0v) is 14.7. The van der Waals surface area contributed by atoms with E-state index in [1.165, 1.54) is 13.3 Å². The molecule has 4 rings (SSSR count). The summed E-state index contributed by atoms with van der Waals surface area (Å²) in [5.41, 5.74) is 1.93. The maximum absolute atomic E-state index is 14.0. The van der Waals surface area contributed by atoms with Crippen LogP contribution in [0.3, 0.4) is 0 Å². The van der Waals surface area contributed by atoms with Gasteiger partial charge in [0.05, 0.1) is 23.7 Å². The number of amides is 1. The second-order valence-corrected chi connectivity index (χ2v) is 5.96. The van der Waals surface area contributed by atoms with E-state index >= 15 is 0 Å². The van der Waals surface area contributed by atoms with Gasteiger partial charge in [0.15, 0.2) is 0 Å². The van der Waals surface area contributed by atoms with Crippen molar-refractivity contribution in [2.24, 2.45) is 0 Å². The van der Waals surface area contributed by atoms with Crippen molar-refractivity contribution in [3.8, 4) is 17.3 Å². The van der Waals surface area contributed by atoms with Gasteiger partial charge in [0.1, 0.15) is 23.0 Å². The van der Waals surface area contributed by atoms with Gasteiger partial charge < -0.3 is 15.0 Å². The summed E-state index contributed by atoms with van der Waals surface area (Å²) in [6.07, 6.45) is 1.53. The summed E-state index contributed by atoms with van der Waals surface area (Å²) >= 11 is 0. The van der Waals surface area contributed by atoms with Crippen molar-refractivity contribution in [2.45, 2.75) is 0 Å². The summed E-state index contributed by atoms with van der Waals surface area (Å²) in [7, 11) is 1.43. The molecule has 140 valence electrons. The molecule has 28 heavy (non-hydrogen) atoms. The average Bonchev–Trinajstić information content (AvgIpc) is 3.12. The summed E-state index contributed by atoms with van der Waals surface area (Å²) in [6, 6.07) is 11.4.